The zero-order chi connectivity index (χ0) is 16.3. The van der Waals surface area contributed by atoms with Crippen molar-refractivity contribution in [3.63, 3.8) is 0 Å². The van der Waals surface area contributed by atoms with Gasteiger partial charge >= 0.3 is 0 Å². The molecule has 0 unspecified atom stereocenters. The SMILES string of the molecule is CN(C)c1ccc(NC(=O)c2ccc(Cl)c([N+](=O)[O-])c2)cc1. The van der Waals surface area contributed by atoms with Crippen LogP contribution in [-0.4, -0.2) is 24.9 Å². The van der Waals surface area contributed by atoms with Gasteiger partial charge < -0.3 is 10.2 Å². The number of nitro groups is 1. The molecule has 0 atom stereocenters. The third-order valence-electron chi connectivity index (χ3n) is 3.05. The van der Waals surface area contributed by atoms with Crippen LogP contribution in [0.1, 0.15) is 10.4 Å². The van der Waals surface area contributed by atoms with Crippen LogP contribution in [0.5, 0.6) is 0 Å². The van der Waals surface area contributed by atoms with Crippen molar-refractivity contribution in [1.29, 1.82) is 0 Å². The number of carbonyl (C=O) groups is 1. The Morgan fingerprint density at radius 3 is 2.36 bits per heavy atom. The number of nitrogens with one attached hydrogen (secondary N) is 1. The maximum absolute atomic E-state index is 12.1. The molecule has 2 rings (SSSR count). The van der Waals surface area contributed by atoms with Crippen molar-refractivity contribution in [1.82, 2.24) is 0 Å². The van der Waals surface area contributed by atoms with Crippen molar-refractivity contribution in [3.05, 3.63) is 63.2 Å². The van der Waals surface area contributed by atoms with E-state index in [9.17, 15) is 14.9 Å². The van der Waals surface area contributed by atoms with Gasteiger partial charge in [0.2, 0.25) is 0 Å². The van der Waals surface area contributed by atoms with Crippen molar-refractivity contribution >= 4 is 34.6 Å². The number of amides is 1. The monoisotopic (exact) mass is 319 g/mol. The number of nitro benzene ring substituents is 1. The van der Waals surface area contributed by atoms with E-state index < -0.39 is 10.8 Å². The zero-order valence-electron chi connectivity index (χ0n) is 12.0. The highest BCUT2D eigenvalue weighted by Gasteiger charge is 2.16. The molecular weight excluding hydrogens is 306 g/mol. The predicted molar refractivity (Wildman–Crippen MR) is 86.8 cm³/mol. The Labute approximate surface area is 132 Å². The van der Waals surface area contributed by atoms with Gasteiger partial charge in [-0.2, -0.15) is 0 Å². The summed E-state index contributed by atoms with van der Waals surface area (Å²) in [6, 6.07) is 11.2. The number of nitrogens with zero attached hydrogens (tertiary/aromatic N) is 2. The van der Waals surface area contributed by atoms with Gasteiger partial charge in [-0.3, -0.25) is 14.9 Å². The van der Waals surface area contributed by atoms with Gasteiger partial charge in [0.25, 0.3) is 11.6 Å². The summed E-state index contributed by atoms with van der Waals surface area (Å²) in [6.45, 7) is 0. The van der Waals surface area contributed by atoms with Gasteiger partial charge in [-0.1, -0.05) is 11.6 Å². The summed E-state index contributed by atoms with van der Waals surface area (Å²) < 4.78 is 0. The standard InChI is InChI=1S/C15H14ClN3O3/c1-18(2)12-6-4-11(5-7-12)17-15(20)10-3-8-13(16)14(9-10)19(21)22/h3-9H,1-2H3,(H,17,20). The first-order chi connectivity index (χ1) is 10.4. The van der Waals surface area contributed by atoms with E-state index in [4.69, 9.17) is 11.6 Å². The molecule has 0 radical (unpaired) electrons. The van der Waals surface area contributed by atoms with E-state index in [1.54, 1.807) is 12.1 Å². The van der Waals surface area contributed by atoms with Gasteiger partial charge in [-0.05, 0) is 36.4 Å². The topological polar surface area (TPSA) is 75.5 Å². The molecule has 114 valence electrons. The molecule has 0 aromatic heterocycles. The van der Waals surface area contributed by atoms with E-state index in [1.165, 1.54) is 12.1 Å². The lowest BCUT2D eigenvalue weighted by molar-refractivity contribution is -0.384. The molecule has 0 bridgehead atoms. The van der Waals surface area contributed by atoms with Gasteiger partial charge in [0.1, 0.15) is 5.02 Å². The molecule has 0 aliphatic carbocycles. The zero-order valence-corrected chi connectivity index (χ0v) is 12.8. The van der Waals surface area contributed by atoms with Crippen LogP contribution in [0.4, 0.5) is 17.1 Å². The number of halogens is 1. The highest BCUT2D eigenvalue weighted by Crippen LogP contribution is 2.25. The summed E-state index contributed by atoms with van der Waals surface area (Å²) in [4.78, 5) is 24.3. The second-order valence-electron chi connectivity index (χ2n) is 4.82. The highest BCUT2D eigenvalue weighted by molar-refractivity contribution is 6.32. The Morgan fingerprint density at radius 2 is 1.82 bits per heavy atom. The van der Waals surface area contributed by atoms with Gasteiger partial charge in [0.05, 0.1) is 4.92 Å². The van der Waals surface area contributed by atoms with E-state index in [0.29, 0.717) is 5.69 Å². The van der Waals surface area contributed by atoms with Crippen LogP contribution in [0.3, 0.4) is 0 Å². The normalized spacial score (nSPS) is 10.1. The number of carbonyl (C=O) groups excluding carboxylic acids is 1. The largest absolute Gasteiger partial charge is 0.378 e. The second kappa shape index (κ2) is 6.44. The lowest BCUT2D eigenvalue weighted by atomic mass is 10.2. The van der Waals surface area contributed by atoms with Crippen LogP contribution in [0, 0.1) is 10.1 Å². The molecular formula is C15H14ClN3O3. The molecule has 0 heterocycles. The Bertz CT molecular complexity index is 714. The first-order valence-electron chi connectivity index (χ1n) is 6.41. The first-order valence-corrected chi connectivity index (χ1v) is 6.79. The third-order valence-corrected chi connectivity index (χ3v) is 3.37. The van der Waals surface area contributed by atoms with E-state index in [0.717, 1.165) is 11.8 Å². The third kappa shape index (κ3) is 3.53. The summed E-state index contributed by atoms with van der Waals surface area (Å²) in [7, 11) is 3.83. The Balaban J connectivity index is 2.18. The van der Waals surface area contributed by atoms with Crippen molar-refractivity contribution in [2.75, 3.05) is 24.3 Å². The molecule has 6 nitrogen and oxygen atoms in total. The minimum Gasteiger partial charge on any atom is -0.378 e. The molecule has 0 fully saturated rings. The summed E-state index contributed by atoms with van der Waals surface area (Å²) in [6.07, 6.45) is 0. The second-order valence-corrected chi connectivity index (χ2v) is 5.23. The number of benzene rings is 2. The molecule has 2 aromatic carbocycles. The molecule has 1 N–H and O–H groups in total. The molecule has 0 saturated heterocycles. The van der Waals surface area contributed by atoms with Crippen LogP contribution in [0.15, 0.2) is 42.5 Å². The van der Waals surface area contributed by atoms with Gasteiger partial charge in [-0.15, -0.1) is 0 Å². The maximum Gasteiger partial charge on any atom is 0.288 e. The number of rotatable bonds is 4. The molecule has 0 aliphatic rings. The van der Waals surface area contributed by atoms with Crippen LogP contribution in [0.2, 0.25) is 5.02 Å². The lowest BCUT2D eigenvalue weighted by Crippen LogP contribution is -2.13. The van der Waals surface area contributed by atoms with Crippen molar-refractivity contribution in [3.8, 4) is 0 Å². The van der Waals surface area contributed by atoms with E-state index in [1.807, 2.05) is 31.1 Å². The lowest BCUT2D eigenvalue weighted by Gasteiger charge is -2.13. The Kier molecular flexibility index (Phi) is 4.62. The number of hydrogen-bond acceptors (Lipinski definition) is 4. The number of anilines is 2. The summed E-state index contributed by atoms with van der Waals surface area (Å²) in [5.74, 6) is -0.433. The van der Waals surface area contributed by atoms with E-state index in [-0.39, 0.29) is 16.3 Å². The quantitative estimate of drug-likeness (QED) is 0.690. The van der Waals surface area contributed by atoms with Crippen LogP contribution in [-0.2, 0) is 0 Å². The van der Waals surface area contributed by atoms with Gasteiger partial charge in [-0.25, -0.2) is 0 Å². The fraction of sp³-hybridized carbons (Fsp3) is 0.133. The van der Waals surface area contributed by atoms with Crippen LogP contribution in [0.25, 0.3) is 0 Å². The smallest absolute Gasteiger partial charge is 0.288 e. The molecule has 0 aliphatic heterocycles. The molecule has 0 saturated carbocycles. The average molecular weight is 320 g/mol. The highest BCUT2D eigenvalue weighted by atomic mass is 35.5. The van der Waals surface area contributed by atoms with E-state index >= 15 is 0 Å². The molecule has 7 heteroatoms. The molecule has 1 amide bonds. The van der Waals surface area contributed by atoms with Crippen molar-refractivity contribution in [2.45, 2.75) is 0 Å². The molecule has 2 aromatic rings. The summed E-state index contributed by atoms with van der Waals surface area (Å²) >= 11 is 5.73. The maximum atomic E-state index is 12.1. The van der Waals surface area contributed by atoms with Gasteiger partial charge in [0, 0.05) is 37.1 Å². The van der Waals surface area contributed by atoms with Crippen molar-refractivity contribution < 1.29 is 9.72 Å². The fourth-order valence-corrected chi connectivity index (χ4v) is 2.03. The minimum atomic E-state index is -0.620. The minimum absolute atomic E-state index is 0.00288. The number of hydrogen-bond donors (Lipinski definition) is 1. The van der Waals surface area contributed by atoms with Crippen LogP contribution >= 0.6 is 11.6 Å². The Morgan fingerprint density at radius 1 is 1.18 bits per heavy atom. The Hall–Kier alpha value is -2.60. The summed E-state index contributed by atoms with van der Waals surface area (Å²) in [5, 5.41) is 13.5. The average Bonchev–Trinajstić information content (AvgIpc) is 2.47. The van der Waals surface area contributed by atoms with Crippen LogP contribution < -0.4 is 10.2 Å². The van der Waals surface area contributed by atoms with E-state index in [2.05, 4.69) is 5.32 Å². The molecule has 0 spiro atoms. The van der Waals surface area contributed by atoms with Crippen molar-refractivity contribution in [2.24, 2.45) is 0 Å². The predicted octanol–water partition coefficient (Wildman–Crippen LogP) is 3.57. The fourth-order valence-electron chi connectivity index (χ4n) is 1.84. The first kappa shape index (κ1) is 15.8. The summed E-state index contributed by atoms with van der Waals surface area (Å²) in [5.41, 5.74) is 1.48. The molecule has 22 heavy (non-hydrogen) atoms. The van der Waals surface area contributed by atoms with Gasteiger partial charge in [0.15, 0.2) is 0 Å².